The van der Waals surface area contributed by atoms with Crippen LogP contribution < -0.4 is 4.90 Å². The van der Waals surface area contributed by atoms with Crippen LogP contribution in [0.2, 0.25) is 0 Å². The topological polar surface area (TPSA) is 56.7 Å². The van der Waals surface area contributed by atoms with E-state index in [0.717, 1.165) is 35.7 Å². The molecule has 0 amide bonds. The van der Waals surface area contributed by atoms with E-state index in [1.807, 2.05) is 6.20 Å². The van der Waals surface area contributed by atoms with Gasteiger partial charge in [0, 0.05) is 44.4 Å². The van der Waals surface area contributed by atoms with Crippen molar-refractivity contribution < 1.29 is 9.90 Å². The lowest BCUT2D eigenvalue weighted by Crippen LogP contribution is -2.51. The molecule has 5 heteroatoms. The van der Waals surface area contributed by atoms with E-state index >= 15 is 0 Å². The number of rotatable bonds is 2. The smallest absolute Gasteiger partial charge is 0.177 e. The van der Waals surface area contributed by atoms with E-state index in [1.54, 1.807) is 0 Å². The van der Waals surface area contributed by atoms with Crippen molar-refractivity contribution in [3.05, 3.63) is 29.0 Å². The fourth-order valence-corrected chi connectivity index (χ4v) is 4.54. The summed E-state index contributed by atoms with van der Waals surface area (Å²) in [6, 6.07) is 2.06. The molecule has 2 saturated heterocycles. The summed E-state index contributed by atoms with van der Waals surface area (Å²) in [5.74, 6) is 3.55. The third kappa shape index (κ3) is 2.44. The Hall–Kier alpha value is -2.32. The number of fused-ring (bicyclic) bond motifs is 1. The summed E-state index contributed by atoms with van der Waals surface area (Å²) in [6.07, 6.45) is 12.7. The van der Waals surface area contributed by atoms with E-state index in [0.29, 0.717) is 30.5 Å². The lowest BCUT2D eigenvalue weighted by atomic mass is 9.86. The van der Waals surface area contributed by atoms with Gasteiger partial charge in [0.25, 0.3) is 0 Å². The van der Waals surface area contributed by atoms with Crippen LogP contribution in [0.5, 0.6) is 0 Å². The van der Waals surface area contributed by atoms with Crippen molar-refractivity contribution in [2.24, 2.45) is 5.41 Å². The number of ketones is 1. The molecule has 3 fully saturated rings. The van der Waals surface area contributed by atoms with Crippen molar-refractivity contribution in [2.75, 3.05) is 31.1 Å². The van der Waals surface area contributed by atoms with Crippen LogP contribution in [-0.4, -0.2) is 53.1 Å². The normalized spacial score (nSPS) is 24.4. The number of Topliss-reactive ketones (excluding diaryl/α,β-unsaturated/α-hetero) is 1. The molecule has 5 nitrogen and oxygen atoms in total. The number of β-amino-alcohol motifs (C(OH)–C–C–N with tert-alkyl or cyclic N) is 1. The van der Waals surface area contributed by atoms with Crippen LogP contribution in [-0.2, 0) is 11.2 Å². The minimum absolute atomic E-state index is 0.0237. The SMILES string of the molecule is C#CC1=C(N2CCC3(CC2)CC3)c2cc(N3CC(O)C3)ncc2CC1=O. The van der Waals surface area contributed by atoms with Crippen LogP contribution in [0.4, 0.5) is 5.82 Å². The number of allylic oxidation sites excluding steroid dienone is 1. The van der Waals surface area contributed by atoms with Gasteiger partial charge in [0.1, 0.15) is 5.82 Å². The molecule has 1 spiro atoms. The summed E-state index contributed by atoms with van der Waals surface area (Å²) >= 11 is 0. The number of hydrogen-bond acceptors (Lipinski definition) is 5. The number of likely N-dealkylation sites (tertiary alicyclic amines) is 1. The molecule has 1 N–H and O–H groups in total. The quantitative estimate of drug-likeness (QED) is 0.822. The second kappa shape index (κ2) is 5.59. The first-order valence-electron chi connectivity index (χ1n) is 9.50. The maximum absolute atomic E-state index is 12.6. The monoisotopic (exact) mass is 349 g/mol. The van der Waals surface area contributed by atoms with Crippen molar-refractivity contribution >= 4 is 17.3 Å². The van der Waals surface area contributed by atoms with Crippen molar-refractivity contribution in [3.63, 3.8) is 0 Å². The van der Waals surface area contributed by atoms with Crippen LogP contribution >= 0.6 is 0 Å². The van der Waals surface area contributed by atoms with Crippen LogP contribution in [0.3, 0.4) is 0 Å². The van der Waals surface area contributed by atoms with Crippen LogP contribution in [0.25, 0.3) is 5.70 Å². The van der Waals surface area contributed by atoms with Crippen LogP contribution in [0.1, 0.15) is 36.8 Å². The number of pyridine rings is 1. The fourth-order valence-electron chi connectivity index (χ4n) is 4.54. The Kier molecular flexibility index (Phi) is 3.42. The Labute approximate surface area is 153 Å². The van der Waals surface area contributed by atoms with Gasteiger partial charge in [-0.15, -0.1) is 6.42 Å². The predicted octanol–water partition coefficient (Wildman–Crippen LogP) is 1.61. The number of aliphatic hydroxyl groups excluding tert-OH is 1. The molecule has 0 unspecified atom stereocenters. The van der Waals surface area contributed by atoms with E-state index in [-0.39, 0.29) is 11.9 Å². The first-order valence-corrected chi connectivity index (χ1v) is 9.50. The number of piperidine rings is 1. The Morgan fingerprint density at radius 2 is 1.92 bits per heavy atom. The van der Waals surface area contributed by atoms with Crippen LogP contribution in [0.15, 0.2) is 17.8 Å². The molecule has 5 rings (SSSR count). The summed E-state index contributed by atoms with van der Waals surface area (Å²) in [6.45, 7) is 3.15. The molecular formula is C21H23N3O2. The van der Waals surface area contributed by atoms with Gasteiger partial charge >= 0.3 is 0 Å². The highest BCUT2D eigenvalue weighted by atomic mass is 16.3. The third-order valence-electron chi connectivity index (χ3n) is 6.52. The number of aliphatic hydroxyl groups is 1. The molecule has 3 heterocycles. The number of terminal acetylenes is 1. The lowest BCUT2D eigenvalue weighted by Gasteiger charge is -2.39. The zero-order valence-electron chi connectivity index (χ0n) is 14.9. The summed E-state index contributed by atoms with van der Waals surface area (Å²) in [4.78, 5) is 21.5. The maximum atomic E-state index is 12.6. The van der Waals surface area contributed by atoms with Crippen molar-refractivity contribution in [1.82, 2.24) is 9.88 Å². The molecule has 2 aliphatic carbocycles. The Bertz CT molecular complexity index is 846. The van der Waals surface area contributed by atoms with Gasteiger partial charge in [-0.2, -0.15) is 0 Å². The van der Waals surface area contributed by atoms with E-state index in [9.17, 15) is 9.90 Å². The Morgan fingerprint density at radius 3 is 2.54 bits per heavy atom. The molecule has 26 heavy (non-hydrogen) atoms. The van der Waals surface area contributed by atoms with E-state index in [2.05, 4.69) is 26.8 Å². The summed E-state index contributed by atoms with van der Waals surface area (Å²) in [7, 11) is 0. The molecule has 0 bridgehead atoms. The maximum Gasteiger partial charge on any atom is 0.177 e. The summed E-state index contributed by atoms with van der Waals surface area (Å²) < 4.78 is 0. The van der Waals surface area contributed by atoms with Gasteiger partial charge in [-0.3, -0.25) is 4.79 Å². The van der Waals surface area contributed by atoms with Gasteiger partial charge in [-0.05, 0) is 42.7 Å². The van der Waals surface area contributed by atoms with E-state index in [1.165, 1.54) is 25.7 Å². The molecule has 0 radical (unpaired) electrons. The number of aromatic nitrogens is 1. The largest absolute Gasteiger partial charge is 0.389 e. The highest BCUT2D eigenvalue weighted by Crippen LogP contribution is 2.54. The number of carbonyl (C=O) groups is 1. The van der Waals surface area contributed by atoms with E-state index in [4.69, 9.17) is 6.42 Å². The highest BCUT2D eigenvalue weighted by Gasteiger charge is 2.45. The van der Waals surface area contributed by atoms with Gasteiger partial charge in [0.05, 0.1) is 17.4 Å². The fraction of sp³-hybridized carbons (Fsp3) is 0.524. The minimum Gasteiger partial charge on any atom is -0.389 e. The molecule has 1 aromatic heterocycles. The van der Waals surface area contributed by atoms with E-state index < -0.39 is 0 Å². The van der Waals surface area contributed by atoms with Crippen molar-refractivity contribution in [3.8, 4) is 12.3 Å². The predicted molar refractivity (Wildman–Crippen MR) is 99.4 cm³/mol. The highest BCUT2D eigenvalue weighted by molar-refractivity contribution is 6.10. The second-order valence-electron chi connectivity index (χ2n) is 8.21. The molecule has 4 aliphatic rings. The zero-order valence-corrected chi connectivity index (χ0v) is 14.9. The van der Waals surface area contributed by atoms with Crippen LogP contribution in [0, 0.1) is 17.8 Å². The van der Waals surface area contributed by atoms with Crippen molar-refractivity contribution in [1.29, 1.82) is 0 Å². The van der Waals surface area contributed by atoms with Gasteiger partial charge in [-0.25, -0.2) is 4.98 Å². The van der Waals surface area contributed by atoms with Gasteiger partial charge < -0.3 is 14.9 Å². The minimum atomic E-state index is -0.275. The van der Waals surface area contributed by atoms with Gasteiger partial charge in [0.2, 0.25) is 0 Å². The molecule has 134 valence electrons. The first-order chi connectivity index (χ1) is 12.6. The summed E-state index contributed by atoms with van der Waals surface area (Å²) in [5.41, 5.74) is 4.03. The first kappa shape index (κ1) is 15.9. The van der Waals surface area contributed by atoms with Crippen molar-refractivity contribution in [2.45, 2.75) is 38.2 Å². The lowest BCUT2D eigenvalue weighted by molar-refractivity contribution is -0.114. The average molecular weight is 349 g/mol. The Morgan fingerprint density at radius 1 is 1.19 bits per heavy atom. The third-order valence-corrected chi connectivity index (χ3v) is 6.52. The molecule has 2 aliphatic heterocycles. The number of carbonyl (C=O) groups excluding carboxylic acids is 1. The average Bonchev–Trinajstić information content (AvgIpc) is 3.37. The second-order valence-corrected chi connectivity index (χ2v) is 8.21. The molecule has 0 atom stereocenters. The molecule has 1 saturated carbocycles. The number of nitrogens with zero attached hydrogens (tertiary/aromatic N) is 3. The Balaban J connectivity index is 1.53. The van der Waals surface area contributed by atoms with Gasteiger partial charge in [-0.1, -0.05) is 5.92 Å². The molecular weight excluding hydrogens is 326 g/mol. The summed E-state index contributed by atoms with van der Waals surface area (Å²) in [5, 5.41) is 9.59. The zero-order chi connectivity index (χ0) is 17.9. The molecule has 0 aromatic carbocycles. The molecule has 1 aromatic rings. The number of anilines is 1. The van der Waals surface area contributed by atoms with Gasteiger partial charge in [0.15, 0.2) is 5.78 Å². The standard InChI is InChI=1S/C21H23N3O2/c1-2-16-18(26)9-14-11-22-19(24-12-15(25)13-24)10-17(14)20(16)23-7-5-21(3-4-21)6-8-23/h1,10-11,15,25H,3-9,12-13H2. The number of hydrogen-bond donors (Lipinski definition) is 1.